The number of rotatable bonds is 3. The predicted octanol–water partition coefficient (Wildman–Crippen LogP) is 4.73. The lowest BCUT2D eigenvalue weighted by Crippen LogP contribution is -2.26. The number of imidazole rings is 1. The van der Waals surface area contributed by atoms with Crippen LogP contribution in [0.1, 0.15) is 53.0 Å². The third kappa shape index (κ3) is 3.52. The number of aromatic nitrogens is 2. The van der Waals surface area contributed by atoms with E-state index in [1.54, 1.807) is 0 Å². The molecule has 1 N–H and O–H groups in total. The van der Waals surface area contributed by atoms with Crippen molar-refractivity contribution in [2.45, 2.75) is 51.1 Å². The van der Waals surface area contributed by atoms with Crippen molar-refractivity contribution in [3.05, 3.63) is 34.8 Å². The van der Waals surface area contributed by atoms with Crippen LogP contribution in [0.3, 0.4) is 0 Å². The molecule has 142 valence electrons. The Kier molecular flexibility index (Phi) is 4.44. The first-order valence-corrected chi connectivity index (χ1v) is 8.18. The number of halogens is 5. The molecule has 0 unspecified atom stereocenters. The Morgan fingerprint density at radius 2 is 1.96 bits per heavy atom. The average Bonchev–Trinajstić information content (AvgIpc) is 2.86. The summed E-state index contributed by atoms with van der Waals surface area (Å²) in [6.45, 7) is 1.49. The molecule has 0 atom stereocenters. The van der Waals surface area contributed by atoms with Crippen molar-refractivity contribution in [1.82, 2.24) is 9.38 Å². The molecular weight excluding hydrogens is 359 g/mol. The Labute approximate surface area is 145 Å². The van der Waals surface area contributed by atoms with Gasteiger partial charge in [-0.05, 0) is 43.7 Å². The summed E-state index contributed by atoms with van der Waals surface area (Å²) >= 11 is 0. The molecule has 2 aromatic heterocycles. The summed E-state index contributed by atoms with van der Waals surface area (Å²) in [5.74, 6) is -4.30. The molecule has 0 spiro atoms. The SMILES string of the molecule is Cc1cn2c(CC3CCC(F)(F)CC3)c(C(F)(F)F)nc2cc1C(=O)O. The molecule has 26 heavy (non-hydrogen) atoms. The molecule has 3 rings (SSSR count). The van der Waals surface area contributed by atoms with Crippen LogP contribution in [0.25, 0.3) is 5.65 Å². The maximum Gasteiger partial charge on any atom is 0.435 e. The molecule has 0 saturated heterocycles. The van der Waals surface area contributed by atoms with E-state index in [0.29, 0.717) is 5.56 Å². The molecule has 1 fully saturated rings. The van der Waals surface area contributed by atoms with Crippen LogP contribution in [0.2, 0.25) is 0 Å². The standard InChI is InChI=1S/C17H17F5N2O2/c1-9-8-24-12(6-10-2-4-16(18,19)5-3-10)14(17(20,21)22)23-13(24)7-11(9)15(25)26/h7-8,10H,2-6H2,1H3,(H,25,26). The van der Waals surface area contributed by atoms with Gasteiger partial charge in [-0.2, -0.15) is 13.2 Å². The highest BCUT2D eigenvalue weighted by Gasteiger charge is 2.40. The van der Waals surface area contributed by atoms with Crippen molar-refractivity contribution < 1.29 is 31.9 Å². The van der Waals surface area contributed by atoms with Gasteiger partial charge in [-0.3, -0.25) is 0 Å². The largest absolute Gasteiger partial charge is 0.478 e. The second-order valence-corrected chi connectivity index (χ2v) is 6.81. The number of nitrogens with zero attached hydrogens (tertiary/aromatic N) is 2. The monoisotopic (exact) mass is 376 g/mol. The normalized spacial score (nSPS) is 18.4. The molecule has 4 nitrogen and oxygen atoms in total. The maximum atomic E-state index is 13.4. The molecule has 1 aliphatic rings. The van der Waals surface area contributed by atoms with Crippen molar-refractivity contribution in [1.29, 1.82) is 0 Å². The van der Waals surface area contributed by atoms with Crippen LogP contribution < -0.4 is 0 Å². The quantitative estimate of drug-likeness (QED) is 0.788. The summed E-state index contributed by atoms with van der Waals surface area (Å²) in [7, 11) is 0. The molecule has 0 radical (unpaired) electrons. The summed E-state index contributed by atoms with van der Waals surface area (Å²) < 4.78 is 68.1. The lowest BCUT2D eigenvalue weighted by molar-refractivity contribution is -0.141. The molecule has 1 aliphatic carbocycles. The number of aromatic carboxylic acids is 1. The fourth-order valence-electron chi connectivity index (χ4n) is 3.47. The van der Waals surface area contributed by atoms with E-state index in [-0.39, 0.29) is 54.9 Å². The maximum absolute atomic E-state index is 13.4. The van der Waals surface area contributed by atoms with Crippen molar-refractivity contribution in [3.63, 3.8) is 0 Å². The number of hydrogen-bond acceptors (Lipinski definition) is 2. The Balaban J connectivity index is 2.04. The van der Waals surface area contributed by atoms with Crippen molar-refractivity contribution in [2.75, 3.05) is 0 Å². The van der Waals surface area contributed by atoms with Gasteiger partial charge in [0.05, 0.1) is 11.3 Å². The Bertz CT molecular complexity index is 847. The number of aryl methyl sites for hydroxylation is 1. The molecule has 2 aromatic rings. The number of hydrogen-bond donors (Lipinski definition) is 1. The highest BCUT2D eigenvalue weighted by atomic mass is 19.4. The van der Waals surface area contributed by atoms with Crippen LogP contribution in [0.5, 0.6) is 0 Å². The van der Waals surface area contributed by atoms with Gasteiger partial charge in [0.1, 0.15) is 5.65 Å². The third-order valence-corrected chi connectivity index (χ3v) is 4.88. The third-order valence-electron chi connectivity index (χ3n) is 4.88. The van der Waals surface area contributed by atoms with Gasteiger partial charge < -0.3 is 9.51 Å². The predicted molar refractivity (Wildman–Crippen MR) is 82.5 cm³/mol. The highest BCUT2D eigenvalue weighted by molar-refractivity contribution is 5.90. The van der Waals surface area contributed by atoms with Crippen LogP contribution in [0.4, 0.5) is 22.0 Å². The van der Waals surface area contributed by atoms with Gasteiger partial charge in [0.25, 0.3) is 0 Å². The fraction of sp³-hybridized carbons (Fsp3) is 0.529. The van der Waals surface area contributed by atoms with Gasteiger partial charge in [-0.15, -0.1) is 0 Å². The molecule has 2 heterocycles. The molecule has 0 bridgehead atoms. The summed E-state index contributed by atoms with van der Waals surface area (Å²) in [4.78, 5) is 14.8. The van der Waals surface area contributed by atoms with E-state index in [4.69, 9.17) is 5.11 Å². The van der Waals surface area contributed by atoms with Crippen molar-refractivity contribution >= 4 is 11.6 Å². The van der Waals surface area contributed by atoms with Crippen LogP contribution in [0.15, 0.2) is 12.3 Å². The van der Waals surface area contributed by atoms with E-state index < -0.39 is 23.8 Å². The lowest BCUT2D eigenvalue weighted by atomic mass is 9.83. The Morgan fingerprint density at radius 3 is 2.50 bits per heavy atom. The zero-order valence-corrected chi connectivity index (χ0v) is 13.9. The minimum atomic E-state index is -4.71. The molecule has 0 aromatic carbocycles. The van der Waals surface area contributed by atoms with E-state index in [0.717, 1.165) is 6.07 Å². The van der Waals surface area contributed by atoms with Crippen LogP contribution >= 0.6 is 0 Å². The van der Waals surface area contributed by atoms with E-state index in [1.807, 2.05) is 0 Å². The molecule has 0 aliphatic heterocycles. The number of carboxylic acids is 1. The number of fused-ring (bicyclic) bond motifs is 1. The minimum Gasteiger partial charge on any atom is -0.478 e. The first-order chi connectivity index (χ1) is 12.0. The van der Waals surface area contributed by atoms with Gasteiger partial charge in [0, 0.05) is 19.0 Å². The van der Waals surface area contributed by atoms with E-state index in [9.17, 15) is 26.7 Å². The fourth-order valence-corrected chi connectivity index (χ4v) is 3.47. The molecule has 0 amide bonds. The number of alkyl halides is 5. The lowest BCUT2D eigenvalue weighted by Gasteiger charge is -2.28. The second-order valence-electron chi connectivity index (χ2n) is 6.81. The van der Waals surface area contributed by atoms with Gasteiger partial charge >= 0.3 is 12.1 Å². The Morgan fingerprint density at radius 1 is 1.35 bits per heavy atom. The van der Waals surface area contributed by atoms with Gasteiger partial charge in [0.2, 0.25) is 5.92 Å². The Hall–Kier alpha value is -2.19. The number of carbonyl (C=O) groups is 1. The van der Waals surface area contributed by atoms with Crippen molar-refractivity contribution in [2.24, 2.45) is 5.92 Å². The zero-order chi connectivity index (χ0) is 19.3. The van der Waals surface area contributed by atoms with Crippen LogP contribution in [0, 0.1) is 12.8 Å². The summed E-state index contributed by atoms with van der Waals surface area (Å²) in [6.07, 6.45) is -3.81. The number of pyridine rings is 1. The first kappa shape index (κ1) is 18.6. The average molecular weight is 376 g/mol. The van der Waals surface area contributed by atoms with E-state index >= 15 is 0 Å². The van der Waals surface area contributed by atoms with Crippen molar-refractivity contribution in [3.8, 4) is 0 Å². The molecule has 9 heteroatoms. The second kappa shape index (κ2) is 6.21. The van der Waals surface area contributed by atoms with Gasteiger partial charge in [0.15, 0.2) is 5.69 Å². The topological polar surface area (TPSA) is 54.6 Å². The van der Waals surface area contributed by atoms with E-state index in [2.05, 4.69) is 4.98 Å². The number of carboxylic acid groups (broad SMARTS) is 1. The van der Waals surface area contributed by atoms with Gasteiger partial charge in [-0.1, -0.05) is 0 Å². The minimum absolute atomic E-state index is 0.0298. The van der Waals surface area contributed by atoms with Crippen LogP contribution in [-0.4, -0.2) is 26.4 Å². The summed E-state index contributed by atoms with van der Waals surface area (Å²) in [5, 5.41) is 9.14. The van der Waals surface area contributed by atoms with Gasteiger partial charge in [-0.25, -0.2) is 18.6 Å². The highest BCUT2D eigenvalue weighted by Crippen LogP contribution is 2.40. The first-order valence-electron chi connectivity index (χ1n) is 8.18. The molecule has 1 saturated carbocycles. The zero-order valence-electron chi connectivity index (χ0n) is 13.9. The summed E-state index contributed by atoms with van der Waals surface area (Å²) in [5.41, 5.74) is -1.14. The summed E-state index contributed by atoms with van der Waals surface area (Å²) in [6, 6.07) is 1.10. The smallest absolute Gasteiger partial charge is 0.435 e. The molecular formula is C17H17F5N2O2. The van der Waals surface area contributed by atoms with Crippen LogP contribution in [-0.2, 0) is 12.6 Å². The van der Waals surface area contributed by atoms with E-state index in [1.165, 1.54) is 17.5 Å².